The molecule has 0 bridgehead atoms. The van der Waals surface area contributed by atoms with Crippen LogP contribution in [0.3, 0.4) is 0 Å². The van der Waals surface area contributed by atoms with E-state index in [-0.39, 0.29) is 11.5 Å². The molecular weight excluding hydrogens is 338 g/mol. The number of nitrogens with zero attached hydrogens (tertiary/aromatic N) is 2. The fourth-order valence-electron chi connectivity index (χ4n) is 1.95. The highest BCUT2D eigenvalue weighted by Crippen LogP contribution is 2.27. The molecule has 1 atom stereocenters. The van der Waals surface area contributed by atoms with Gasteiger partial charge >= 0.3 is 12.2 Å². The van der Waals surface area contributed by atoms with Gasteiger partial charge in [0.15, 0.2) is 0 Å². The summed E-state index contributed by atoms with van der Waals surface area (Å²) in [4.78, 5) is 26.1. The van der Waals surface area contributed by atoms with Crippen LogP contribution in [-0.4, -0.2) is 68.4 Å². The second-order valence-corrected chi connectivity index (χ2v) is 6.34. The molecule has 0 fully saturated rings. The van der Waals surface area contributed by atoms with E-state index in [0.717, 1.165) is 19.4 Å². The van der Waals surface area contributed by atoms with Crippen molar-refractivity contribution in [3.05, 3.63) is 23.8 Å². The van der Waals surface area contributed by atoms with Crippen LogP contribution in [0.1, 0.15) is 31.4 Å². The average Bonchev–Trinajstić information content (AvgIpc) is 2.58. The number of aliphatic hydroxyl groups excluding tert-OH is 1. The summed E-state index contributed by atoms with van der Waals surface area (Å²) in [5.74, 6) is 0.380. The lowest BCUT2D eigenvalue weighted by molar-refractivity contribution is 0.165. The Balaban J connectivity index is 2.98. The van der Waals surface area contributed by atoms with Crippen LogP contribution in [0.4, 0.5) is 9.59 Å². The highest BCUT2D eigenvalue weighted by molar-refractivity contribution is 5.72. The number of amides is 2. The van der Waals surface area contributed by atoms with Gasteiger partial charge in [-0.1, -0.05) is 13.3 Å². The van der Waals surface area contributed by atoms with E-state index in [1.165, 1.54) is 15.9 Å². The van der Waals surface area contributed by atoms with Crippen molar-refractivity contribution in [1.82, 2.24) is 15.1 Å². The van der Waals surface area contributed by atoms with E-state index >= 15 is 0 Å². The van der Waals surface area contributed by atoms with Crippen molar-refractivity contribution < 1.29 is 24.2 Å². The first-order valence-electron chi connectivity index (χ1n) is 8.56. The Hall–Kier alpha value is -2.32. The molecule has 1 rings (SSSR count). The van der Waals surface area contributed by atoms with Crippen LogP contribution in [0, 0.1) is 0 Å². The van der Waals surface area contributed by atoms with Crippen molar-refractivity contribution in [2.24, 2.45) is 0 Å². The number of rotatable bonds is 8. The van der Waals surface area contributed by atoms with Crippen LogP contribution >= 0.6 is 0 Å². The molecule has 8 heteroatoms. The van der Waals surface area contributed by atoms with Gasteiger partial charge in [0.2, 0.25) is 0 Å². The molecule has 0 heterocycles. The maximum atomic E-state index is 11.8. The van der Waals surface area contributed by atoms with Gasteiger partial charge in [-0.25, -0.2) is 9.59 Å². The van der Waals surface area contributed by atoms with E-state index < -0.39 is 18.3 Å². The summed E-state index contributed by atoms with van der Waals surface area (Å²) in [7, 11) is 6.24. The molecule has 0 saturated heterocycles. The first kappa shape index (κ1) is 21.7. The van der Waals surface area contributed by atoms with Crippen molar-refractivity contribution in [3.8, 4) is 11.5 Å². The topological polar surface area (TPSA) is 91.3 Å². The Labute approximate surface area is 154 Å². The van der Waals surface area contributed by atoms with Gasteiger partial charge < -0.3 is 29.7 Å². The number of hydrogen-bond acceptors (Lipinski definition) is 6. The number of nitrogens with one attached hydrogen (secondary N) is 1. The molecule has 26 heavy (non-hydrogen) atoms. The first-order valence-corrected chi connectivity index (χ1v) is 8.56. The number of benzene rings is 1. The Morgan fingerprint density at radius 2 is 1.54 bits per heavy atom. The van der Waals surface area contributed by atoms with E-state index in [1.54, 1.807) is 40.3 Å². The molecule has 8 nitrogen and oxygen atoms in total. The zero-order valence-corrected chi connectivity index (χ0v) is 16.1. The SMILES string of the molecule is CCCCNCC(O)c1cc(OC(=O)N(C)C)cc(OC(=O)N(C)C)c1. The second-order valence-electron chi connectivity index (χ2n) is 6.34. The summed E-state index contributed by atoms with van der Waals surface area (Å²) in [5, 5.41) is 13.6. The Bertz CT molecular complexity index is 564. The second kappa shape index (κ2) is 10.6. The molecule has 1 aromatic carbocycles. The van der Waals surface area contributed by atoms with Gasteiger partial charge in [-0.15, -0.1) is 0 Å². The quantitative estimate of drug-likeness (QED) is 0.685. The fraction of sp³-hybridized carbons (Fsp3) is 0.556. The lowest BCUT2D eigenvalue weighted by atomic mass is 10.1. The van der Waals surface area contributed by atoms with Crippen molar-refractivity contribution in [1.29, 1.82) is 0 Å². The molecule has 0 aliphatic heterocycles. The van der Waals surface area contributed by atoms with Gasteiger partial charge in [0, 0.05) is 40.8 Å². The molecule has 0 aliphatic rings. The lowest BCUT2D eigenvalue weighted by Gasteiger charge is -2.17. The molecular formula is C18H29N3O5. The van der Waals surface area contributed by atoms with Crippen molar-refractivity contribution in [3.63, 3.8) is 0 Å². The Morgan fingerprint density at radius 1 is 1.04 bits per heavy atom. The van der Waals surface area contributed by atoms with Gasteiger partial charge in [0.1, 0.15) is 11.5 Å². The third-order valence-corrected chi connectivity index (χ3v) is 3.47. The normalized spacial score (nSPS) is 11.6. The van der Waals surface area contributed by atoms with Gasteiger partial charge in [-0.2, -0.15) is 0 Å². The first-order chi connectivity index (χ1) is 12.2. The van der Waals surface area contributed by atoms with E-state index in [1.807, 2.05) is 0 Å². The molecule has 0 radical (unpaired) electrons. The van der Waals surface area contributed by atoms with E-state index in [4.69, 9.17) is 9.47 Å². The molecule has 1 aromatic rings. The number of hydrogen-bond donors (Lipinski definition) is 2. The summed E-state index contributed by atoms with van der Waals surface area (Å²) in [5.41, 5.74) is 0.486. The minimum atomic E-state index is -0.832. The number of carbonyl (C=O) groups is 2. The fourth-order valence-corrected chi connectivity index (χ4v) is 1.95. The molecule has 1 unspecified atom stereocenters. The summed E-state index contributed by atoms with van der Waals surface area (Å²) in [6.45, 7) is 3.23. The zero-order valence-electron chi connectivity index (χ0n) is 16.1. The van der Waals surface area contributed by atoms with Crippen LogP contribution in [0.15, 0.2) is 18.2 Å². The van der Waals surface area contributed by atoms with Crippen LogP contribution < -0.4 is 14.8 Å². The van der Waals surface area contributed by atoms with Crippen LogP contribution in [-0.2, 0) is 0 Å². The predicted molar refractivity (Wildman–Crippen MR) is 98.6 cm³/mol. The summed E-state index contributed by atoms with van der Waals surface area (Å²) < 4.78 is 10.5. The predicted octanol–water partition coefficient (Wildman–Crippen LogP) is 2.23. The molecule has 0 aliphatic carbocycles. The minimum absolute atomic E-state index is 0.190. The summed E-state index contributed by atoms with van der Waals surface area (Å²) in [6.07, 6.45) is 0.106. The third-order valence-electron chi connectivity index (χ3n) is 3.47. The van der Waals surface area contributed by atoms with Gasteiger partial charge in [-0.05, 0) is 30.7 Å². The Kier molecular flexibility index (Phi) is 8.87. The van der Waals surface area contributed by atoms with Crippen LogP contribution in [0.2, 0.25) is 0 Å². The number of aliphatic hydroxyl groups is 1. The largest absolute Gasteiger partial charge is 0.414 e. The van der Waals surface area contributed by atoms with Crippen molar-refractivity contribution in [2.45, 2.75) is 25.9 Å². The van der Waals surface area contributed by atoms with Crippen LogP contribution in [0.25, 0.3) is 0 Å². The van der Waals surface area contributed by atoms with Gasteiger partial charge in [0.25, 0.3) is 0 Å². The van der Waals surface area contributed by atoms with E-state index in [9.17, 15) is 14.7 Å². The Morgan fingerprint density at radius 3 is 1.96 bits per heavy atom. The molecule has 146 valence electrons. The average molecular weight is 367 g/mol. The van der Waals surface area contributed by atoms with Crippen molar-refractivity contribution >= 4 is 12.2 Å². The van der Waals surface area contributed by atoms with E-state index in [0.29, 0.717) is 12.1 Å². The maximum absolute atomic E-state index is 11.8. The third kappa shape index (κ3) is 7.28. The maximum Gasteiger partial charge on any atom is 0.414 e. The lowest BCUT2D eigenvalue weighted by Crippen LogP contribution is -2.26. The summed E-state index contributed by atoms with van der Waals surface area (Å²) >= 11 is 0. The minimum Gasteiger partial charge on any atom is -0.410 e. The zero-order chi connectivity index (χ0) is 19.7. The monoisotopic (exact) mass is 367 g/mol. The summed E-state index contributed by atoms with van der Waals surface area (Å²) in [6, 6.07) is 4.55. The highest BCUT2D eigenvalue weighted by Gasteiger charge is 2.16. The smallest absolute Gasteiger partial charge is 0.410 e. The highest BCUT2D eigenvalue weighted by atomic mass is 16.6. The standard InChI is InChI=1S/C18H29N3O5/c1-6-7-8-19-12-16(22)13-9-14(25-17(23)20(2)3)11-15(10-13)26-18(24)21(4)5/h9-11,16,19,22H,6-8,12H2,1-5H3. The molecule has 2 N–H and O–H groups in total. The number of unbranched alkanes of at least 4 members (excludes halogenated alkanes) is 1. The molecule has 2 amide bonds. The molecule has 0 aromatic heterocycles. The van der Waals surface area contributed by atoms with Gasteiger partial charge in [0.05, 0.1) is 6.10 Å². The van der Waals surface area contributed by atoms with Crippen LogP contribution in [0.5, 0.6) is 11.5 Å². The number of carbonyl (C=O) groups excluding carboxylic acids is 2. The number of ether oxygens (including phenoxy) is 2. The molecule has 0 spiro atoms. The molecule has 0 saturated carbocycles. The van der Waals surface area contributed by atoms with E-state index in [2.05, 4.69) is 12.2 Å². The van der Waals surface area contributed by atoms with Crippen molar-refractivity contribution in [2.75, 3.05) is 41.3 Å². The van der Waals surface area contributed by atoms with Gasteiger partial charge in [-0.3, -0.25) is 0 Å².